The highest BCUT2D eigenvalue weighted by atomic mass is 16.7. The number of ether oxygens (including phenoxy) is 2. The van der Waals surface area contributed by atoms with Crippen LogP contribution in [0.2, 0.25) is 0 Å². The normalized spacial score (nSPS) is 32.6. The molecule has 15 heteroatoms. The molecule has 2 aromatic carbocycles. The molecule has 1 aliphatic heterocycles. The van der Waals surface area contributed by atoms with Crippen LogP contribution in [0.1, 0.15) is 12.8 Å². The van der Waals surface area contributed by atoms with Crippen molar-refractivity contribution in [2.75, 3.05) is 0 Å². The van der Waals surface area contributed by atoms with Gasteiger partial charge in [0.25, 0.3) is 0 Å². The molecule has 2 heterocycles. The van der Waals surface area contributed by atoms with Gasteiger partial charge in [0.05, 0.1) is 24.5 Å². The van der Waals surface area contributed by atoms with E-state index in [0.717, 1.165) is 30.3 Å². The maximum Gasteiger partial charge on any atom is 0.402 e. The maximum atomic E-state index is 13.5. The first-order valence-electron chi connectivity index (χ1n) is 12.3. The molecule has 2 bridgehead atoms. The minimum Gasteiger partial charge on any atom is -0.507 e. The van der Waals surface area contributed by atoms with E-state index in [9.17, 15) is 60.0 Å². The molecule has 3 aliphatic rings. The number of aliphatic hydroxyl groups is 4. The summed E-state index contributed by atoms with van der Waals surface area (Å²) in [6.45, 7) is 0. The Kier molecular flexibility index (Phi) is 5.67. The van der Waals surface area contributed by atoms with Gasteiger partial charge in [-0.15, -0.1) is 0 Å². The first kappa shape index (κ1) is 27.5. The summed E-state index contributed by atoms with van der Waals surface area (Å²) in [5.74, 6) is -12.4. The van der Waals surface area contributed by atoms with Crippen molar-refractivity contribution in [3.8, 4) is 40.1 Å². The smallest absolute Gasteiger partial charge is 0.402 e. The molecule has 2 aliphatic carbocycles. The van der Waals surface area contributed by atoms with Gasteiger partial charge in [0.1, 0.15) is 35.2 Å². The monoisotopic (exact) mass is 585 g/mol. The van der Waals surface area contributed by atoms with Gasteiger partial charge < -0.3 is 50.3 Å². The Bertz CT molecular complexity index is 1750. The van der Waals surface area contributed by atoms with E-state index in [-0.39, 0.29) is 16.5 Å². The molecule has 1 saturated heterocycles. The summed E-state index contributed by atoms with van der Waals surface area (Å²) in [7, 11) is 0. The quantitative estimate of drug-likeness (QED) is 0.104. The van der Waals surface area contributed by atoms with E-state index in [0.29, 0.717) is 0 Å². The van der Waals surface area contributed by atoms with E-state index in [4.69, 9.17) is 13.9 Å². The molecule has 6 rings (SSSR count). The molecule has 3 fully saturated rings. The van der Waals surface area contributed by atoms with Gasteiger partial charge in [0, 0.05) is 18.2 Å². The molecular formula is C27H21O15+. The number of phenols is 4. The van der Waals surface area contributed by atoms with Crippen molar-refractivity contribution in [1.82, 2.24) is 0 Å². The average Bonchev–Trinajstić information content (AvgIpc) is 3.10. The maximum absolute atomic E-state index is 13.5. The number of ketones is 4. The molecule has 0 spiro atoms. The Morgan fingerprint density at radius 3 is 2.24 bits per heavy atom. The molecule has 6 atom stereocenters. The lowest BCUT2D eigenvalue weighted by Crippen LogP contribution is -2.84. The summed E-state index contributed by atoms with van der Waals surface area (Å²) in [5.41, 5.74) is -7.52. The van der Waals surface area contributed by atoms with Gasteiger partial charge in [-0.2, -0.15) is 0 Å². The lowest BCUT2D eigenvalue weighted by atomic mass is 9.68. The van der Waals surface area contributed by atoms with E-state index in [1.165, 1.54) is 6.07 Å². The number of aromatic hydroxyl groups is 4. The molecule has 218 valence electrons. The highest BCUT2D eigenvalue weighted by Gasteiger charge is 2.86. The third kappa shape index (κ3) is 3.30. The van der Waals surface area contributed by atoms with Crippen LogP contribution in [0.3, 0.4) is 0 Å². The Balaban J connectivity index is 1.64. The lowest BCUT2D eigenvalue weighted by Gasteiger charge is -2.54. The summed E-state index contributed by atoms with van der Waals surface area (Å²) in [5, 5.41) is 84.8. The number of carbonyl (C=O) groups is 4. The molecular weight excluding hydrogens is 564 g/mol. The molecule has 8 N–H and O–H groups in total. The average molecular weight is 585 g/mol. The molecule has 2 unspecified atom stereocenters. The topological polar surface area (TPSA) is 260 Å². The number of carbonyl (C=O) groups excluding carboxylic acids is 4. The second-order valence-corrected chi connectivity index (χ2v) is 10.3. The Morgan fingerprint density at radius 2 is 1.55 bits per heavy atom. The summed E-state index contributed by atoms with van der Waals surface area (Å²) in [6, 6.07) is 6.21. The fraction of sp³-hybridized carbons (Fsp3) is 0.296. The summed E-state index contributed by atoms with van der Waals surface area (Å²) >= 11 is 0. The van der Waals surface area contributed by atoms with Gasteiger partial charge in [-0.05, 0) is 12.1 Å². The van der Waals surface area contributed by atoms with Gasteiger partial charge in [0.15, 0.2) is 34.4 Å². The second-order valence-electron chi connectivity index (χ2n) is 10.3. The Hall–Kier alpha value is -4.67. The SMILES string of the molecule is O=C1CC(=O)[C@]2(O)[C@H](O)[C@H](OC3(Oc4cc5c(O)cc(O)cc5[o+]c4-c4ccc(O)c(O)c4)C(=O)CC(=O)[C@]32O)C1O. The summed E-state index contributed by atoms with van der Waals surface area (Å²) < 4.78 is 17.2. The molecule has 2 saturated carbocycles. The molecule has 3 aromatic rings. The number of Topliss-reactive ketones (excluding diaryl/α,β-unsaturated/α-hetero) is 4. The fourth-order valence-corrected chi connectivity index (χ4v) is 5.72. The standard InChI is InChI=1S/C27H20O15/c28-10-4-13(30)11-6-17(22(40-16(11)5-10)9-1-2-12(29)14(31)3-9)41-27-20(35)8-19(34)26(27,39)25(38)18(33)7-15(32)21(36)23(42-27)24(25)37/h1-6,21,23-24,36-39H,7-8H2,(H3-,28,29,30,31)/p+1/t21?,23-,24-,25+,26-,27?/m1/s1. The van der Waals surface area contributed by atoms with Gasteiger partial charge >= 0.3 is 17.1 Å². The summed E-state index contributed by atoms with van der Waals surface area (Å²) in [6.07, 6.45) is -9.57. The van der Waals surface area contributed by atoms with Crippen LogP contribution in [0.5, 0.6) is 28.7 Å². The van der Waals surface area contributed by atoms with Crippen LogP contribution in [0, 0.1) is 0 Å². The van der Waals surface area contributed by atoms with Crippen molar-refractivity contribution in [2.24, 2.45) is 0 Å². The van der Waals surface area contributed by atoms with Crippen molar-refractivity contribution in [2.45, 2.75) is 48.1 Å². The number of rotatable bonds is 3. The van der Waals surface area contributed by atoms with Crippen LogP contribution in [-0.4, -0.2) is 99.3 Å². The minimum absolute atomic E-state index is 0.0833. The largest absolute Gasteiger partial charge is 0.507 e. The van der Waals surface area contributed by atoms with E-state index in [1.54, 1.807) is 0 Å². The number of hydrogen-bond acceptors (Lipinski definition) is 14. The highest BCUT2D eigenvalue weighted by Crippen LogP contribution is 2.55. The minimum atomic E-state index is -3.67. The first-order chi connectivity index (χ1) is 19.7. The second kappa shape index (κ2) is 8.67. The van der Waals surface area contributed by atoms with Crippen LogP contribution in [-0.2, 0) is 23.9 Å². The van der Waals surface area contributed by atoms with Crippen molar-refractivity contribution in [3.63, 3.8) is 0 Å². The zero-order chi connectivity index (χ0) is 30.5. The first-order valence-corrected chi connectivity index (χ1v) is 12.3. The molecule has 1 aromatic heterocycles. The van der Waals surface area contributed by atoms with Crippen LogP contribution in [0.15, 0.2) is 40.8 Å². The fourth-order valence-electron chi connectivity index (χ4n) is 5.72. The van der Waals surface area contributed by atoms with Gasteiger partial charge in [-0.1, -0.05) is 0 Å². The summed E-state index contributed by atoms with van der Waals surface area (Å²) in [4.78, 5) is 52.2. The van der Waals surface area contributed by atoms with Crippen LogP contribution < -0.4 is 4.74 Å². The zero-order valence-corrected chi connectivity index (χ0v) is 21.0. The number of fused-ring (bicyclic) bond motifs is 5. The third-order valence-electron chi connectivity index (χ3n) is 7.87. The number of hydrogen-bond donors (Lipinski definition) is 8. The van der Waals surface area contributed by atoms with Crippen molar-refractivity contribution >= 4 is 34.1 Å². The van der Waals surface area contributed by atoms with Crippen molar-refractivity contribution in [3.05, 3.63) is 36.4 Å². The van der Waals surface area contributed by atoms with Crippen molar-refractivity contribution < 1.29 is 73.9 Å². The number of aliphatic hydroxyl groups excluding tert-OH is 2. The predicted octanol–water partition coefficient (Wildman–Crippen LogP) is -1.06. The van der Waals surface area contributed by atoms with E-state index in [2.05, 4.69) is 0 Å². The number of benzene rings is 2. The number of phenolic OH excluding ortho intramolecular Hbond substituents is 4. The van der Waals surface area contributed by atoms with Crippen molar-refractivity contribution in [1.29, 1.82) is 0 Å². The Morgan fingerprint density at radius 1 is 0.833 bits per heavy atom. The predicted molar refractivity (Wildman–Crippen MR) is 132 cm³/mol. The Labute approximate surface area is 233 Å². The molecule has 0 amide bonds. The van der Waals surface area contributed by atoms with Gasteiger partial charge in [-0.3, -0.25) is 19.2 Å². The van der Waals surface area contributed by atoms with E-state index < -0.39 is 106 Å². The van der Waals surface area contributed by atoms with E-state index in [1.807, 2.05) is 0 Å². The van der Waals surface area contributed by atoms with Crippen LogP contribution in [0.4, 0.5) is 0 Å². The van der Waals surface area contributed by atoms with Gasteiger partial charge in [-0.25, -0.2) is 4.42 Å². The molecule has 15 nitrogen and oxygen atoms in total. The van der Waals surface area contributed by atoms with Crippen LogP contribution >= 0.6 is 0 Å². The molecule has 0 radical (unpaired) electrons. The van der Waals surface area contributed by atoms with E-state index >= 15 is 0 Å². The van der Waals surface area contributed by atoms with Crippen LogP contribution in [0.25, 0.3) is 22.3 Å². The zero-order valence-electron chi connectivity index (χ0n) is 21.0. The lowest BCUT2D eigenvalue weighted by molar-refractivity contribution is -0.362. The molecule has 42 heavy (non-hydrogen) atoms. The third-order valence-corrected chi connectivity index (χ3v) is 7.87. The highest BCUT2D eigenvalue weighted by molar-refractivity contribution is 6.21. The van der Waals surface area contributed by atoms with Gasteiger partial charge in [0.2, 0.25) is 17.1 Å².